The van der Waals surface area contributed by atoms with Crippen LogP contribution in [-0.2, 0) is 16.0 Å². The first-order chi connectivity index (χ1) is 11.6. The number of ether oxygens (including phenoxy) is 1. The van der Waals surface area contributed by atoms with E-state index in [1.165, 1.54) is 12.5 Å². The van der Waals surface area contributed by atoms with Crippen LogP contribution in [0.1, 0.15) is 18.9 Å². The van der Waals surface area contributed by atoms with Crippen LogP contribution in [0.3, 0.4) is 0 Å². The monoisotopic (exact) mass is 324 g/mol. The Hall–Kier alpha value is -2.82. The van der Waals surface area contributed by atoms with E-state index in [4.69, 9.17) is 4.74 Å². The topological polar surface area (TPSA) is 58.6 Å². The summed E-state index contributed by atoms with van der Waals surface area (Å²) in [7, 11) is 0. The molecule has 2 aromatic rings. The number of anilines is 2. The molecule has 2 amide bonds. The van der Waals surface area contributed by atoms with E-state index in [1.807, 2.05) is 18.2 Å². The van der Waals surface area contributed by atoms with E-state index < -0.39 is 0 Å². The van der Waals surface area contributed by atoms with E-state index in [2.05, 4.69) is 11.4 Å². The van der Waals surface area contributed by atoms with Crippen LogP contribution in [0.25, 0.3) is 0 Å². The molecule has 1 N–H and O–H groups in total. The summed E-state index contributed by atoms with van der Waals surface area (Å²) in [6, 6.07) is 15.0. The van der Waals surface area contributed by atoms with Crippen molar-refractivity contribution in [3.63, 3.8) is 0 Å². The van der Waals surface area contributed by atoms with Gasteiger partial charge in [0.2, 0.25) is 5.91 Å². The molecule has 5 nitrogen and oxygen atoms in total. The summed E-state index contributed by atoms with van der Waals surface area (Å²) in [4.78, 5) is 25.4. The van der Waals surface area contributed by atoms with E-state index in [1.54, 1.807) is 29.2 Å². The molecule has 0 aliphatic carbocycles. The van der Waals surface area contributed by atoms with Crippen molar-refractivity contribution in [2.45, 2.75) is 19.8 Å². The van der Waals surface area contributed by atoms with Crippen molar-refractivity contribution in [3.8, 4) is 5.75 Å². The number of carbonyl (C=O) groups is 2. The Labute approximate surface area is 141 Å². The number of carbonyl (C=O) groups excluding carboxylic acids is 2. The number of hydrogen-bond acceptors (Lipinski definition) is 3. The fraction of sp³-hybridized carbons (Fsp3) is 0.263. The molecule has 5 heteroatoms. The van der Waals surface area contributed by atoms with Crippen molar-refractivity contribution >= 4 is 23.2 Å². The molecule has 0 saturated carbocycles. The number of amides is 2. The number of rotatable bonds is 4. The first kappa shape index (κ1) is 16.1. The van der Waals surface area contributed by atoms with E-state index in [0.29, 0.717) is 18.0 Å². The number of fused-ring (bicyclic) bond motifs is 1. The Kier molecular flexibility index (Phi) is 4.79. The summed E-state index contributed by atoms with van der Waals surface area (Å²) in [6.45, 7) is 2.13. The highest BCUT2D eigenvalue weighted by molar-refractivity contribution is 5.95. The molecule has 0 saturated heterocycles. The van der Waals surface area contributed by atoms with Gasteiger partial charge in [0, 0.05) is 30.9 Å². The van der Waals surface area contributed by atoms with Crippen molar-refractivity contribution in [2.24, 2.45) is 0 Å². The fourth-order valence-corrected chi connectivity index (χ4v) is 2.88. The SMILES string of the molecule is CC(=O)Nc1cccc(OCC(=O)N2CCCc3ccccc32)c1. The molecule has 2 aromatic carbocycles. The minimum absolute atomic E-state index is 0.0299. The van der Waals surface area contributed by atoms with Crippen LogP contribution in [0, 0.1) is 0 Å². The van der Waals surface area contributed by atoms with Crippen LogP contribution in [-0.4, -0.2) is 25.0 Å². The van der Waals surface area contributed by atoms with Gasteiger partial charge in [-0.2, -0.15) is 0 Å². The van der Waals surface area contributed by atoms with Gasteiger partial charge in [-0.05, 0) is 36.6 Å². The molecule has 124 valence electrons. The molecule has 1 heterocycles. The van der Waals surface area contributed by atoms with Crippen LogP contribution in [0.2, 0.25) is 0 Å². The quantitative estimate of drug-likeness (QED) is 0.940. The van der Waals surface area contributed by atoms with Gasteiger partial charge in [0.05, 0.1) is 0 Å². The highest BCUT2D eigenvalue weighted by Gasteiger charge is 2.22. The predicted molar refractivity (Wildman–Crippen MR) is 93.4 cm³/mol. The number of hydrogen-bond donors (Lipinski definition) is 1. The predicted octanol–water partition coefficient (Wildman–Crippen LogP) is 3.00. The van der Waals surface area contributed by atoms with Crippen molar-refractivity contribution in [1.82, 2.24) is 0 Å². The summed E-state index contributed by atoms with van der Waals surface area (Å²) in [5, 5.41) is 2.69. The van der Waals surface area contributed by atoms with E-state index in [0.717, 1.165) is 18.5 Å². The lowest BCUT2D eigenvalue weighted by Gasteiger charge is -2.29. The molecule has 1 aliphatic rings. The Balaban J connectivity index is 1.65. The number of nitrogens with one attached hydrogen (secondary N) is 1. The van der Waals surface area contributed by atoms with Crippen LogP contribution in [0.4, 0.5) is 11.4 Å². The second kappa shape index (κ2) is 7.17. The zero-order valence-corrected chi connectivity index (χ0v) is 13.6. The highest BCUT2D eigenvalue weighted by Crippen LogP contribution is 2.27. The second-order valence-corrected chi connectivity index (χ2v) is 5.78. The van der Waals surface area contributed by atoms with Crippen LogP contribution in [0.5, 0.6) is 5.75 Å². The van der Waals surface area contributed by atoms with Gasteiger partial charge in [-0.15, -0.1) is 0 Å². The molecular weight excluding hydrogens is 304 g/mol. The molecule has 0 atom stereocenters. The van der Waals surface area contributed by atoms with E-state index in [9.17, 15) is 9.59 Å². The molecular formula is C19H20N2O3. The standard InChI is InChI=1S/C19H20N2O3/c1-14(22)20-16-8-4-9-17(12-16)24-13-19(23)21-11-5-7-15-6-2-3-10-18(15)21/h2-4,6,8-10,12H,5,7,11,13H2,1H3,(H,20,22). The summed E-state index contributed by atoms with van der Waals surface area (Å²) >= 11 is 0. The van der Waals surface area contributed by atoms with Gasteiger partial charge in [-0.25, -0.2) is 0 Å². The average Bonchev–Trinajstić information content (AvgIpc) is 2.59. The van der Waals surface area contributed by atoms with Crippen LogP contribution >= 0.6 is 0 Å². The second-order valence-electron chi connectivity index (χ2n) is 5.78. The summed E-state index contributed by atoms with van der Waals surface area (Å²) < 4.78 is 5.62. The normalized spacial score (nSPS) is 13.1. The van der Waals surface area contributed by atoms with Crippen LogP contribution in [0.15, 0.2) is 48.5 Å². The Morgan fingerprint density at radius 1 is 1.17 bits per heavy atom. The molecule has 0 fully saturated rings. The molecule has 0 spiro atoms. The molecule has 24 heavy (non-hydrogen) atoms. The minimum Gasteiger partial charge on any atom is -0.484 e. The number of nitrogens with zero attached hydrogens (tertiary/aromatic N) is 1. The fourth-order valence-electron chi connectivity index (χ4n) is 2.88. The van der Waals surface area contributed by atoms with Crippen LogP contribution < -0.4 is 15.0 Å². The third-order valence-electron chi connectivity index (χ3n) is 3.93. The third-order valence-corrected chi connectivity index (χ3v) is 3.93. The van der Waals surface area contributed by atoms with Gasteiger partial charge < -0.3 is 15.0 Å². The first-order valence-electron chi connectivity index (χ1n) is 8.02. The zero-order chi connectivity index (χ0) is 16.9. The molecule has 1 aliphatic heterocycles. The Morgan fingerprint density at radius 2 is 2.00 bits per heavy atom. The number of aryl methyl sites for hydroxylation is 1. The van der Waals surface area contributed by atoms with Gasteiger partial charge in [-0.3, -0.25) is 9.59 Å². The lowest BCUT2D eigenvalue weighted by molar-refractivity contribution is -0.120. The number of para-hydroxylation sites is 1. The first-order valence-corrected chi connectivity index (χ1v) is 8.02. The molecule has 3 rings (SSSR count). The summed E-state index contributed by atoms with van der Waals surface area (Å²) in [5.74, 6) is 0.347. The zero-order valence-electron chi connectivity index (χ0n) is 13.6. The van der Waals surface area contributed by atoms with Gasteiger partial charge in [0.15, 0.2) is 6.61 Å². The largest absolute Gasteiger partial charge is 0.484 e. The molecule has 0 aromatic heterocycles. The molecule has 0 unspecified atom stereocenters. The third kappa shape index (κ3) is 3.74. The average molecular weight is 324 g/mol. The minimum atomic E-state index is -0.145. The maximum atomic E-state index is 12.5. The number of benzene rings is 2. The maximum absolute atomic E-state index is 12.5. The van der Waals surface area contributed by atoms with Gasteiger partial charge in [0.1, 0.15) is 5.75 Å². The van der Waals surface area contributed by atoms with E-state index >= 15 is 0 Å². The Morgan fingerprint density at radius 3 is 2.83 bits per heavy atom. The van der Waals surface area contributed by atoms with Gasteiger partial charge in [-0.1, -0.05) is 24.3 Å². The molecule has 0 bridgehead atoms. The maximum Gasteiger partial charge on any atom is 0.264 e. The van der Waals surface area contributed by atoms with Crippen molar-refractivity contribution in [2.75, 3.05) is 23.4 Å². The smallest absolute Gasteiger partial charge is 0.264 e. The Bertz CT molecular complexity index is 758. The summed E-state index contributed by atoms with van der Waals surface area (Å²) in [6.07, 6.45) is 1.96. The van der Waals surface area contributed by atoms with Crippen molar-refractivity contribution < 1.29 is 14.3 Å². The lowest BCUT2D eigenvalue weighted by Crippen LogP contribution is -2.38. The lowest BCUT2D eigenvalue weighted by atomic mass is 10.0. The summed E-state index contributed by atoms with van der Waals surface area (Å²) in [5.41, 5.74) is 2.82. The van der Waals surface area contributed by atoms with Gasteiger partial charge in [0.25, 0.3) is 5.91 Å². The highest BCUT2D eigenvalue weighted by atomic mass is 16.5. The van der Waals surface area contributed by atoms with E-state index in [-0.39, 0.29) is 18.4 Å². The van der Waals surface area contributed by atoms with Crippen molar-refractivity contribution in [3.05, 3.63) is 54.1 Å². The molecule has 0 radical (unpaired) electrons. The van der Waals surface area contributed by atoms with Crippen molar-refractivity contribution in [1.29, 1.82) is 0 Å². The van der Waals surface area contributed by atoms with Gasteiger partial charge >= 0.3 is 0 Å².